The predicted molar refractivity (Wildman–Crippen MR) is 109 cm³/mol. The summed E-state index contributed by atoms with van der Waals surface area (Å²) >= 11 is 1.46. The molecule has 1 aromatic heterocycles. The first-order valence-corrected chi connectivity index (χ1v) is 10.1. The Morgan fingerprint density at radius 3 is 2.54 bits per heavy atom. The van der Waals surface area contributed by atoms with Crippen molar-refractivity contribution >= 4 is 23.4 Å². The van der Waals surface area contributed by atoms with Gasteiger partial charge < -0.3 is 14.9 Å². The maximum absolute atomic E-state index is 12.7. The molecule has 6 nitrogen and oxygen atoms in total. The van der Waals surface area contributed by atoms with Crippen LogP contribution in [0.3, 0.4) is 0 Å². The zero-order chi connectivity index (χ0) is 20.7. The van der Waals surface area contributed by atoms with Gasteiger partial charge in [-0.2, -0.15) is 0 Å². The number of phenols is 1. The number of ether oxygens (including phenoxy) is 1. The minimum Gasteiger partial charge on any atom is -0.508 e. The summed E-state index contributed by atoms with van der Waals surface area (Å²) in [6.07, 6.45) is 0.765. The minimum atomic E-state index is -1.06. The van der Waals surface area contributed by atoms with Crippen molar-refractivity contribution < 1.29 is 24.5 Å². The van der Waals surface area contributed by atoms with Crippen LogP contribution in [-0.2, 0) is 22.4 Å². The molecule has 1 atom stereocenters. The van der Waals surface area contributed by atoms with Crippen LogP contribution < -0.4 is 0 Å². The Labute approximate surface area is 169 Å². The van der Waals surface area contributed by atoms with Crippen LogP contribution in [-0.4, -0.2) is 45.4 Å². The lowest BCUT2D eigenvalue weighted by Crippen LogP contribution is -2.48. The smallest absolute Gasteiger partial charge is 0.411 e. The number of nitrogens with zero attached hydrogens (tertiary/aromatic N) is 1. The molecule has 0 bridgehead atoms. The molecule has 28 heavy (non-hydrogen) atoms. The van der Waals surface area contributed by atoms with Crippen LogP contribution in [0.1, 0.15) is 37.6 Å². The van der Waals surface area contributed by atoms with E-state index >= 15 is 0 Å². The third kappa shape index (κ3) is 6.88. The van der Waals surface area contributed by atoms with Gasteiger partial charge in [0.1, 0.15) is 17.4 Å². The number of hydrogen-bond acceptors (Lipinski definition) is 5. The number of benzene rings is 1. The molecule has 2 N–H and O–H groups in total. The molecule has 2 aromatic rings. The molecule has 0 saturated heterocycles. The van der Waals surface area contributed by atoms with Gasteiger partial charge in [-0.1, -0.05) is 18.2 Å². The van der Waals surface area contributed by atoms with Crippen LogP contribution in [0.15, 0.2) is 41.8 Å². The number of carboxylic acids is 1. The van der Waals surface area contributed by atoms with Crippen molar-refractivity contribution in [3.8, 4) is 5.75 Å². The largest absolute Gasteiger partial charge is 0.508 e. The minimum absolute atomic E-state index is 0.183. The molecule has 0 radical (unpaired) electrons. The second-order valence-electron chi connectivity index (χ2n) is 7.58. The van der Waals surface area contributed by atoms with Gasteiger partial charge in [-0.3, -0.25) is 4.90 Å². The Balaban J connectivity index is 2.14. The van der Waals surface area contributed by atoms with Crippen molar-refractivity contribution in [3.05, 3.63) is 52.2 Å². The lowest BCUT2D eigenvalue weighted by molar-refractivity contribution is -0.143. The Morgan fingerprint density at radius 1 is 1.21 bits per heavy atom. The molecule has 0 spiro atoms. The molecule has 0 aliphatic heterocycles. The number of carboxylic acid groups (broad SMARTS) is 1. The molecule has 0 aliphatic carbocycles. The quantitative estimate of drug-likeness (QED) is 0.683. The summed E-state index contributed by atoms with van der Waals surface area (Å²) in [5, 5.41) is 21.2. The van der Waals surface area contributed by atoms with Crippen LogP contribution in [0.2, 0.25) is 0 Å². The number of phenolic OH excluding ortho intramolecular Hbond substituents is 1. The van der Waals surface area contributed by atoms with Gasteiger partial charge in [0.05, 0.1) is 0 Å². The highest BCUT2D eigenvalue weighted by molar-refractivity contribution is 7.09. The van der Waals surface area contributed by atoms with Gasteiger partial charge in [-0.25, -0.2) is 9.59 Å². The topological polar surface area (TPSA) is 87.1 Å². The average Bonchev–Trinajstić information content (AvgIpc) is 3.08. The third-order valence-corrected chi connectivity index (χ3v) is 4.94. The predicted octanol–water partition coefficient (Wildman–Crippen LogP) is 4.32. The SMILES string of the molecule is CC(C)(C)OC(=O)N(CCCc1cccc(O)c1)[C@@H](Cc1cccs1)C(=O)O. The number of aryl methyl sites for hydroxylation is 1. The van der Waals surface area contributed by atoms with E-state index in [0.29, 0.717) is 12.8 Å². The monoisotopic (exact) mass is 405 g/mol. The molecule has 152 valence electrons. The summed E-state index contributed by atoms with van der Waals surface area (Å²) in [6, 6.07) is 9.62. The number of amides is 1. The normalized spacial score (nSPS) is 12.4. The van der Waals surface area contributed by atoms with Gasteiger partial charge in [0.15, 0.2) is 0 Å². The van der Waals surface area contributed by atoms with Crippen LogP contribution in [0.4, 0.5) is 4.79 Å². The molecular formula is C21H27NO5S. The second-order valence-corrected chi connectivity index (χ2v) is 8.62. The average molecular weight is 406 g/mol. The van der Waals surface area contributed by atoms with Crippen molar-refractivity contribution in [2.45, 2.75) is 51.7 Å². The fourth-order valence-corrected chi connectivity index (χ4v) is 3.55. The molecule has 0 unspecified atom stereocenters. The van der Waals surface area contributed by atoms with Gasteiger partial charge in [0, 0.05) is 17.8 Å². The van der Waals surface area contributed by atoms with Gasteiger partial charge >= 0.3 is 12.1 Å². The highest BCUT2D eigenvalue weighted by Crippen LogP contribution is 2.19. The van der Waals surface area contributed by atoms with Crippen LogP contribution in [0.5, 0.6) is 5.75 Å². The van der Waals surface area contributed by atoms with E-state index in [9.17, 15) is 19.8 Å². The molecule has 0 saturated carbocycles. The maximum Gasteiger partial charge on any atom is 0.411 e. The molecule has 2 rings (SSSR count). The molecule has 0 fully saturated rings. The number of hydrogen-bond donors (Lipinski definition) is 2. The Bertz CT molecular complexity index is 782. The Morgan fingerprint density at radius 2 is 1.96 bits per heavy atom. The van der Waals surface area contributed by atoms with E-state index < -0.39 is 23.7 Å². The van der Waals surface area contributed by atoms with Crippen molar-refractivity contribution in [2.75, 3.05) is 6.54 Å². The summed E-state index contributed by atoms with van der Waals surface area (Å²) < 4.78 is 5.46. The first-order chi connectivity index (χ1) is 13.2. The molecule has 0 aliphatic rings. The van der Waals surface area contributed by atoms with Crippen molar-refractivity contribution in [1.29, 1.82) is 0 Å². The number of rotatable bonds is 8. The van der Waals surface area contributed by atoms with E-state index in [4.69, 9.17) is 4.74 Å². The van der Waals surface area contributed by atoms with Gasteiger partial charge in [-0.15, -0.1) is 11.3 Å². The van der Waals surface area contributed by atoms with Crippen molar-refractivity contribution in [2.24, 2.45) is 0 Å². The second kappa shape index (κ2) is 9.59. The summed E-state index contributed by atoms with van der Waals surface area (Å²) in [7, 11) is 0. The Kier molecular flexibility index (Phi) is 7.45. The van der Waals surface area contributed by atoms with Crippen LogP contribution in [0.25, 0.3) is 0 Å². The standard InChI is InChI=1S/C21H27NO5S/c1-21(2,3)27-20(26)22(11-5-8-15-7-4-9-16(23)13-15)18(19(24)25)14-17-10-6-12-28-17/h4,6-7,9-10,12-13,18,23H,5,8,11,14H2,1-3H3,(H,24,25)/t18-/m0/s1. The lowest BCUT2D eigenvalue weighted by atomic mass is 10.1. The van der Waals surface area contributed by atoms with Gasteiger partial charge in [0.25, 0.3) is 0 Å². The number of aliphatic carboxylic acids is 1. The van der Waals surface area contributed by atoms with Crippen molar-refractivity contribution in [1.82, 2.24) is 4.90 Å². The third-order valence-electron chi connectivity index (χ3n) is 4.04. The van der Waals surface area contributed by atoms with Crippen molar-refractivity contribution in [3.63, 3.8) is 0 Å². The van der Waals surface area contributed by atoms with Crippen LogP contribution in [0, 0.1) is 0 Å². The number of carbonyl (C=O) groups excluding carboxylic acids is 1. The number of aromatic hydroxyl groups is 1. The fourth-order valence-electron chi connectivity index (χ4n) is 2.81. The van der Waals surface area contributed by atoms with Gasteiger partial charge in [-0.05, 0) is 62.8 Å². The van der Waals surface area contributed by atoms with E-state index in [0.717, 1.165) is 10.4 Å². The molecule has 1 amide bonds. The summed E-state index contributed by atoms with van der Waals surface area (Å²) in [4.78, 5) is 26.9. The Hall–Kier alpha value is -2.54. The summed E-state index contributed by atoms with van der Waals surface area (Å²) in [5.41, 5.74) is 0.210. The zero-order valence-corrected chi connectivity index (χ0v) is 17.2. The van der Waals surface area contributed by atoms with Crippen LogP contribution >= 0.6 is 11.3 Å². The lowest BCUT2D eigenvalue weighted by Gasteiger charge is -2.31. The first-order valence-electron chi connectivity index (χ1n) is 9.18. The van der Waals surface area contributed by atoms with E-state index in [1.54, 1.807) is 39.0 Å². The number of carbonyl (C=O) groups is 2. The first kappa shape index (κ1) is 21.8. The maximum atomic E-state index is 12.7. The molecule has 1 heterocycles. The zero-order valence-electron chi connectivity index (χ0n) is 16.4. The fraction of sp³-hybridized carbons (Fsp3) is 0.429. The molecular weight excluding hydrogens is 378 g/mol. The van der Waals surface area contributed by atoms with Gasteiger partial charge in [0.2, 0.25) is 0 Å². The highest BCUT2D eigenvalue weighted by atomic mass is 32.1. The summed E-state index contributed by atoms with van der Waals surface area (Å²) in [6.45, 7) is 5.51. The summed E-state index contributed by atoms with van der Waals surface area (Å²) in [5.74, 6) is -0.876. The van der Waals surface area contributed by atoms with E-state index in [1.807, 2.05) is 23.6 Å². The van der Waals surface area contributed by atoms with E-state index in [2.05, 4.69) is 0 Å². The van der Waals surface area contributed by atoms with E-state index in [-0.39, 0.29) is 18.7 Å². The molecule has 1 aromatic carbocycles. The molecule has 7 heteroatoms. The highest BCUT2D eigenvalue weighted by Gasteiger charge is 2.33. The number of thiophene rings is 1. The van der Waals surface area contributed by atoms with E-state index in [1.165, 1.54) is 16.2 Å².